The zero-order valence-corrected chi connectivity index (χ0v) is 14.6. The molecule has 92 valence electrons. The van der Waals surface area contributed by atoms with E-state index < -0.39 is 0 Å². The van der Waals surface area contributed by atoms with E-state index >= 15 is 0 Å². The van der Waals surface area contributed by atoms with E-state index in [-0.39, 0.29) is 41.8 Å². The summed E-state index contributed by atoms with van der Waals surface area (Å²) >= 11 is -0.473. The van der Waals surface area contributed by atoms with Crippen molar-refractivity contribution >= 4 is 49.1 Å². The summed E-state index contributed by atoms with van der Waals surface area (Å²) in [6, 6.07) is 21.5. The fourth-order valence-corrected chi connectivity index (χ4v) is 7.24. The van der Waals surface area contributed by atoms with Gasteiger partial charge in [-0.2, -0.15) is 0 Å². The van der Waals surface area contributed by atoms with Crippen molar-refractivity contribution in [1.82, 2.24) is 0 Å². The third-order valence-corrected chi connectivity index (χ3v) is 9.42. The van der Waals surface area contributed by atoms with Crippen molar-refractivity contribution in [2.75, 3.05) is 6.54 Å². The summed E-state index contributed by atoms with van der Waals surface area (Å²) in [5.41, 5.74) is 5.87. The molecule has 0 aromatic heterocycles. The molecule has 2 rings (SSSR count). The Morgan fingerprint density at radius 1 is 0.889 bits per heavy atom. The predicted octanol–water partition coefficient (Wildman–Crippen LogP) is 0.846. The molecule has 0 bridgehead atoms. The van der Waals surface area contributed by atoms with Crippen molar-refractivity contribution in [1.29, 1.82) is 0 Å². The first-order valence-corrected chi connectivity index (χ1v) is 10.6. The maximum atomic E-state index is 5.87. The van der Waals surface area contributed by atoms with Crippen LogP contribution in [0.4, 0.5) is 0 Å². The van der Waals surface area contributed by atoms with Gasteiger partial charge < -0.3 is 0 Å². The van der Waals surface area contributed by atoms with Gasteiger partial charge in [-0.05, 0) is 0 Å². The van der Waals surface area contributed by atoms with Crippen molar-refractivity contribution in [3.63, 3.8) is 0 Å². The summed E-state index contributed by atoms with van der Waals surface area (Å²) in [7, 11) is 0. The van der Waals surface area contributed by atoms with Crippen molar-refractivity contribution < 1.29 is 0 Å². The quantitative estimate of drug-likeness (QED) is 0.653. The molecule has 0 aliphatic carbocycles. The molecule has 0 unspecified atom stereocenters. The van der Waals surface area contributed by atoms with E-state index in [9.17, 15) is 0 Å². The van der Waals surface area contributed by atoms with Gasteiger partial charge in [0.05, 0.1) is 0 Å². The molecule has 3 heteroatoms. The van der Waals surface area contributed by atoms with E-state index in [4.69, 9.17) is 5.73 Å². The molecule has 0 saturated carbocycles. The summed E-state index contributed by atoms with van der Waals surface area (Å²) in [5.74, 6) is 0. The van der Waals surface area contributed by atoms with Gasteiger partial charge in [-0.25, -0.2) is 0 Å². The van der Waals surface area contributed by atoms with Gasteiger partial charge >= 0.3 is 130 Å². The zero-order valence-electron chi connectivity index (χ0n) is 9.95. The van der Waals surface area contributed by atoms with E-state index in [2.05, 4.69) is 64.8 Å². The van der Waals surface area contributed by atoms with Crippen molar-refractivity contribution in [2.24, 2.45) is 5.73 Å². The van der Waals surface area contributed by atoms with Crippen LogP contribution >= 0.6 is 0 Å². The second-order valence-electron chi connectivity index (χ2n) is 3.63. The first kappa shape index (κ1) is 14.1. The Kier molecular flexibility index (Phi) is 6.29. The topological polar surface area (TPSA) is 26.0 Å². The second-order valence-corrected chi connectivity index (χ2v) is 9.75. The Hall–Kier alpha value is -0.281. The molecule has 0 fully saturated rings. The third kappa shape index (κ3) is 4.77. The Morgan fingerprint density at radius 2 is 1.44 bits per heavy atom. The van der Waals surface area contributed by atoms with E-state index in [1.165, 1.54) is 10.8 Å². The number of hydrogen-bond acceptors (Lipinski definition) is 1. The minimum atomic E-state index is -0.260. The molecular formula is C15H15NTe2. The predicted molar refractivity (Wildman–Crippen MR) is 80.8 cm³/mol. The molecular weight excluding hydrogens is 449 g/mol. The van der Waals surface area contributed by atoms with Crippen LogP contribution in [0, 0.1) is 0 Å². The van der Waals surface area contributed by atoms with Crippen LogP contribution in [-0.2, 0) is 0 Å². The molecule has 0 aliphatic heterocycles. The van der Waals surface area contributed by atoms with E-state index in [0.29, 0.717) is 6.54 Å². The number of hydrogen-bond donors (Lipinski definition) is 1. The van der Waals surface area contributed by atoms with Crippen LogP contribution in [0.2, 0.25) is 0 Å². The van der Waals surface area contributed by atoms with Gasteiger partial charge in [-0.1, -0.05) is 0 Å². The number of rotatable bonds is 5. The molecule has 1 nitrogen and oxygen atoms in total. The zero-order chi connectivity index (χ0) is 12.6. The summed E-state index contributed by atoms with van der Waals surface area (Å²) in [6.45, 7) is 0.717. The molecule has 18 heavy (non-hydrogen) atoms. The van der Waals surface area contributed by atoms with Gasteiger partial charge in [0.25, 0.3) is 0 Å². The first-order chi connectivity index (χ1) is 8.88. The number of benzene rings is 2. The van der Waals surface area contributed by atoms with Gasteiger partial charge in [0, 0.05) is 0 Å². The van der Waals surface area contributed by atoms with Gasteiger partial charge in [-0.3, -0.25) is 0 Å². The van der Waals surface area contributed by atoms with E-state index in [1.54, 1.807) is 0 Å². The average molecular weight is 464 g/mol. The fourth-order valence-electron chi connectivity index (χ4n) is 1.39. The first-order valence-electron chi connectivity index (χ1n) is 5.72. The SMILES string of the molecule is NCC(=C[Te]c1ccccc1)[Te]c1ccccc1. The summed E-state index contributed by atoms with van der Waals surface area (Å²) < 4.78 is 6.88. The van der Waals surface area contributed by atoms with Gasteiger partial charge in [-0.15, -0.1) is 0 Å². The van der Waals surface area contributed by atoms with Crippen LogP contribution in [0.1, 0.15) is 0 Å². The fraction of sp³-hybridized carbons (Fsp3) is 0.0667. The monoisotopic (exact) mass is 469 g/mol. The van der Waals surface area contributed by atoms with Crippen molar-refractivity contribution in [3.05, 3.63) is 68.4 Å². The van der Waals surface area contributed by atoms with Crippen molar-refractivity contribution in [3.8, 4) is 0 Å². The van der Waals surface area contributed by atoms with Crippen LogP contribution in [-0.4, -0.2) is 48.4 Å². The van der Waals surface area contributed by atoms with E-state index in [1.807, 2.05) is 0 Å². The molecule has 0 spiro atoms. The molecule has 0 heterocycles. The summed E-state index contributed by atoms with van der Waals surface area (Å²) in [6.07, 6.45) is 0. The molecule has 2 aromatic carbocycles. The molecule has 0 amide bonds. The normalized spacial score (nSPS) is 11.5. The van der Waals surface area contributed by atoms with Gasteiger partial charge in [0.2, 0.25) is 0 Å². The summed E-state index contributed by atoms with van der Waals surface area (Å²) in [5, 5.41) is 0. The number of nitrogens with two attached hydrogens (primary N) is 1. The average Bonchev–Trinajstić information content (AvgIpc) is 2.45. The van der Waals surface area contributed by atoms with Gasteiger partial charge in [0.1, 0.15) is 0 Å². The molecule has 2 N–H and O–H groups in total. The Labute approximate surface area is 129 Å². The summed E-state index contributed by atoms with van der Waals surface area (Å²) in [4.78, 5) is 0. The molecule has 0 saturated heterocycles. The standard InChI is InChI=1S/C15H15NTe2/c16-11-15(18-14-9-5-2-6-10-14)12-17-13-7-3-1-4-8-13/h1-10,12H,11,16H2. The van der Waals surface area contributed by atoms with Crippen LogP contribution in [0.5, 0.6) is 0 Å². The van der Waals surface area contributed by atoms with Crippen LogP contribution in [0.25, 0.3) is 0 Å². The third-order valence-electron chi connectivity index (χ3n) is 2.26. The van der Waals surface area contributed by atoms with Crippen LogP contribution < -0.4 is 13.0 Å². The van der Waals surface area contributed by atoms with Crippen molar-refractivity contribution in [2.45, 2.75) is 0 Å². The Morgan fingerprint density at radius 3 is 2.00 bits per heavy atom. The second kappa shape index (κ2) is 8.00. The molecule has 2 aromatic rings. The van der Waals surface area contributed by atoms with E-state index in [0.717, 1.165) is 0 Å². The molecule has 0 atom stereocenters. The molecule has 0 aliphatic rings. The minimum absolute atomic E-state index is 0.213. The van der Waals surface area contributed by atoms with Crippen LogP contribution in [0.15, 0.2) is 68.4 Å². The molecule has 0 radical (unpaired) electrons. The van der Waals surface area contributed by atoms with Gasteiger partial charge in [0.15, 0.2) is 0 Å². The Bertz CT molecular complexity index is 494. The maximum absolute atomic E-state index is 5.87. The Balaban J connectivity index is 2.00. The van der Waals surface area contributed by atoms with Crippen LogP contribution in [0.3, 0.4) is 0 Å².